The third kappa shape index (κ3) is 4.12. The van der Waals surface area contributed by atoms with Crippen LogP contribution in [0, 0.1) is 0 Å². The number of carbonyl (C=O) groups excluding carboxylic acids is 2. The van der Waals surface area contributed by atoms with E-state index in [1.54, 1.807) is 6.08 Å². The maximum absolute atomic E-state index is 11.4. The van der Waals surface area contributed by atoms with Crippen LogP contribution in [-0.4, -0.2) is 36.9 Å². The Balaban J connectivity index is 2.49. The van der Waals surface area contributed by atoms with E-state index >= 15 is 0 Å². The van der Waals surface area contributed by atoms with Gasteiger partial charge in [-0.1, -0.05) is 0 Å². The first-order valence-corrected chi connectivity index (χ1v) is 5.15. The Labute approximate surface area is 94.4 Å². The minimum Gasteiger partial charge on any atom is -0.463 e. The van der Waals surface area contributed by atoms with Gasteiger partial charge >= 0.3 is 5.97 Å². The van der Waals surface area contributed by atoms with Crippen LogP contribution in [0.25, 0.3) is 0 Å². The maximum Gasteiger partial charge on any atom is 0.302 e. The highest BCUT2D eigenvalue weighted by Crippen LogP contribution is 2.12. The van der Waals surface area contributed by atoms with Gasteiger partial charge in [-0.25, -0.2) is 0 Å². The molecule has 0 unspecified atom stereocenters. The maximum atomic E-state index is 11.4. The SMILES string of the molecule is CC(=O)OC[C@H]1O[C@H](OC(C)C)C=CC1=O. The van der Waals surface area contributed by atoms with Crippen molar-refractivity contribution in [1.29, 1.82) is 0 Å². The molecule has 1 aliphatic heterocycles. The van der Waals surface area contributed by atoms with Crippen LogP contribution in [0.15, 0.2) is 12.2 Å². The molecule has 90 valence electrons. The summed E-state index contributed by atoms with van der Waals surface area (Å²) >= 11 is 0. The minimum absolute atomic E-state index is 0.00257. The first-order valence-electron chi connectivity index (χ1n) is 5.15. The molecule has 0 saturated carbocycles. The second-order valence-electron chi connectivity index (χ2n) is 3.74. The van der Waals surface area contributed by atoms with Gasteiger partial charge in [-0.2, -0.15) is 0 Å². The van der Waals surface area contributed by atoms with E-state index in [-0.39, 0.29) is 18.5 Å². The van der Waals surface area contributed by atoms with E-state index in [9.17, 15) is 9.59 Å². The minimum atomic E-state index is -0.766. The Hall–Kier alpha value is -1.20. The van der Waals surface area contributed by atoms with Crippen molar-refractivity contribution in [1.82, 2.24) is 0 Å². The van der Waals surface area contributed by atoms with E-state index in [4.69, 9.17) is 14.2 Å². The fourth-order valence-corrected chi connectivity index (χ4v) is 1.22. The Morgan fingerprint density at radius 1 is 1.56 bits per heavy atom. The van der Waals surface area contributed by atoms with Crippen molar-refractivity contribution in [2.24, 2.45) is 0 Å². The lowest BCUT2D eigenvalue weighted by Crippen LogP contribution is -2.37. The largest absolute Gasteiger partial charge is 0.463 e. The quantitative estimate of drug-likeness (QED) is 0.667. The summed E-state index contributed by atoms with van der Waals surface area (Å²) in [5.41, 5.74) is 0. The standard InChI is InChI=1S/C11H16O5/c1-7(2)15-11-5-4-9(13)10(16-11)6-14-8(3)12/h4-5,7,10-11H,6H2,1-3H3/t10-,11+/m1/s1. The molecule has 0 saturated heterocycles. The van der Waals surface area contributed by atoms with Gasteiger partial charge in [0.25, 0.3) is 0 Å². The fourth-order valence-electron chi connectivity index (χ4n) is 1.22. The van der Waals surface area contributed by atoms with Gasteiger partial charge in [0, 0.05) is 6.92 Å². The summed E-state index contributed by atoms with van der Waals surface area (Å²) in [5.74, 6) is -0.655. The van der Waals surface area contributed by atoms with Crippen molar-refractivity contribution in [3.8, 4) is 0 Å². The summed E-state index contributed by atoms with van der Waals surface area (Å²) < 4.78 is 15.4. The first-order chi connectivity index (χ1) is 7.49. The molecule has 0 aromatic carbocycles. The van der Waals surface area contributed by atoms with Crippen LogP contribution >= 0.6 is 0 Å². The molecule has 16 heavy (non-hydrogen) atoms. The Morgan fingerprint density at radius 3 is 2.81 bits per heavy atom. The number of esters is 1. The van der Waals surface area contributed by atoms with Crippen LogP contribution in [0.1, 0.15) is 20.8 Å². The van der Waals surface area contributed by atoms with Gasteiger partial charge in [0.15, 0.2) is 18.2 Å². The normalized spacial score (nSPS) is 24.9. The molecule has 2 atom stereocenters. The molecule has 0 N–H and O–H groups in total. The van der Waals surface area contributed by atoms with E-state index in [2.05, 4.69) is 0 Å². The Kier molecular flexibility index (Phi) is 4.64. The van der Waals surface area contributed by atoms with E-state index in [0.29, 0.717) is 0 Å². The second kappa shape index (κ2) is 5.77. The van der Waals surface area contributed by atoms with Crippen molar-refractivity contribution in [2.45, 2.75) is 39.3 Å². The third-order valence-electron chi connectivity index (χ3n) is 1.88. The summed E-state index contributed by atoms with van der Waals surface area (Å²) in [4.78, 5) is 22.0. The molecule has 0 amide bonds. The zero-order valence-electron chi connectivity index (χ0n) is 9.64. The van der Waals surface area contributed by atoms with Crippen molar-refractivity contribution in [3.63, 3.8) is 0 Å². The van der Waals surface area contributed by atoms with Gasteiger partial charge in [0.2, 0.25) is 0 Å². The lowest BCUT2D eigenvalue weighted by Gasteiger charge is -2.25. The van der Waals surface area contributed by atoms with E-state index in [1.165, 1.54) is 13.0 Å². The van der Waals surface area contributed by atoms with Crippen LogP contribution in [0.5, 0.6) is 0 Å². The third-order valence-corrected chi connectivity index (χ3v) is 1.88. The predicted octanol–water partition coefficient (Wildman–Crippen LogP) is 0.825. The lowest BCUT2D eigenvalue weighted by atomic mass is 10.2. The number of rotatable bonds is 4. The number of ketones is 1. The second-order valence-corrected chi connectivity index (χ2v) is 3.74. The fraction of sp³-hybridized carbons (Fsp3) is 0.636. The average molecular weight is 228 g/mol. The molecular formula is C11H16O5. The summed E-state index contributed by atoms with van der Waals surface area (Å²) in [6.07, 6.45) is 1.62. The van der Waals surface area contributed by atoms with E-state index in [1.807, 2.05) is 13.8 Å². The number of hydrogen-bond donors (Lipinski definition) is 0. The highest BCUT2D eigenvalue weighted by molar-refractivity contribution is 5.94. The van der Waals surface area contributed by atoms with Gasteiger partial charge in [0.1, 0.15) is 6.61 Å². The number of hydrogen-bond acceptors (Lipinski definition) is 5. The van der Waals surface area contributed by atoms with Gasteiger partial charge in [-0.15, -0.1) is 0 Å². The molecule has 0 radical (unpaired) electrons. The van der Waals surface area contributed by atoms with Crippen LogP contribution in [0.4, 0.5) is 0 Å². The van der Waals surface area contributed by atoms with Crippen LogP contribution in [0.3, 0.4) is 0 Å². The van der Waals surface area contributed by atoms with Gasteiger partial charge < -0.3 is 14.2 Å². The van der Waals surface area contributed by atoms with Crippen LogP contribution < -0.4 is 0 Å². The summed E-state index contributed by atoms with van der Waals surface area (Å²) in [7, 11) is 0. The molecule has 1 heterocycles. The molecule has 1 aliphatic rings. The molecule has 5 nitrogen and oxygen atoms in total. The Morgan fingerprint density at radius 2 is 2.25 bits per heavy atom. The molecule has 0 bridgehead atoms. The molecule has 0 aliphatic carbocycles. The predicted molar refractivity (Wildman–Crippen MR) is 55.7 cm³/mol. The summed E-state index contributed by atoms with van der Waals surface area (Å²) in [6, 6.07) is 0. The average Bonchev–Trinajstić information content (AvgIpc) is 2.18. The molecule has 1 rings (SSSR count). The van der Waals surface area contributed by atoms with Crippen molar-refractivity contribution in [2.75, 3.05) is 6.61 Å². The van der Waals surface area contributed by atoms with Crippen LogP contribution in [0.2, 0.25) is 0 Å². The van der Waals surface area contributed by atoms with E-state index in [0.717, 1.165) is 0 Å². The van der Waals surface area contributed by atoms with Gasteiger partial charge in [-0.3, -0.25) is 9.59 Å². The first kappa shape index (κ1) is 12.9. The van der Waals surface area contributed by atoms with Gasteiger partial charge in [-0.05, 0) is 26.0 Å². The molecule has 0 spiro atoms. The number of carbonyl (C=O) groups is 2. The lowest BCUT2D eigenvalue weighted by molar-refractivity contribution is -0.184. The molecule has 0 aromatic rings. The monoisotopic (exact) mass is 228 g/mol. The highest BCUT2D eigenvalue weighted by atomic mass is 16.7. The highest BCUT2D eigenvalue weighted by Gasteiger charge is 2.27. The molecular weight excluding hydrogens is 212 g/mol. The summed E-state index contributed by atoms with van der Waals surface area (Å²) in [6.45, 7) is 4.95. The zero-order chi connectivity index (χ0) is 12.1. The van der Waals surface area contributed by atoms with Crippen LogP contribution in [-0.2, 0) is 23.8 Å². The summed E-state index contributed by atoms with van der Waals surface area (Å²) in [5, 5.41) is 0. The van der Waals surface area contributed by atoms with Crippen molar-refractivity contribution in [3.05, 3.63) is 12.2 Å². The topological polar surface area (TPSA) is 61.8 Å². The van der Waals surface area contributed by atoms with Gasteiger partial charge in [0.05, 0.1) is 6.10 Å². The molecule has 5 heteroatoms. The van der Waals surface area contributed by atoms with Crippen molar-refractivity contribution >= 4 is 11.8 Å². The molecule has 0 aromatic heterocycles. The zero-order valence-corrected chi connectivity index (χ0v) is 9.64. The van der Waals surface area contributed by atoms with Crippen molar-refractivity contribution < 1.29 is 23.8 Å². The Bertz CT molecular complexity index is 295. The van der Waals surface area contributed by atoms with E-state index < -0.39 is 18.4 Å². The number of ether oxygens (including phenoxy) is 3. The smallest absolute Gasteiger partial charge is 0.302 e. The molecule has 0 fully saturated rings.